The van der Waals surface area contributed by atoms with E-state index in [0.29, 0.717) is 28.6 Å². The summed E-state index contributed by atoms with van der Waals surface area (Å²) in [5.41, 5.74) is 28.4. The molecule has 0 aromatic carbocycles. The SMILES string of the molecule is Cl.Cl.N=C1C=C(N)C(N2CCCC2)=NC1=Nc1cnn2ccccc12.Nc1cnc(N2CCCC2)c(N)c1.Nc1cnn2ccccc12.OO. The number of hydrogen-bond acceptors (Lipinski definition) is 13. The number of nitrogens with one attached hydrogen (secondary N) is 1. The number of fused-ring (bicyclic) bond motifs is 2. The number of amidine groups is 2. The summed E-state index contributed by atoms with van der Waals surface area (Å²) in [6, 6.07) is 13.3. The van der Waals surface area contributed by atoms with Crippen molar-refractivity contribution in [3.63, 3.8) is 0 Å². The van der Waals surface area contributed by atoms with Gasteiger partial charge >= 0.3 is 0 Å². The number of nitrogens with two attached hydrogens (primary N) is 4. The topological polar surface area (TPSA) is 247 Å². The first kappa shape index (κ1) is 39.0. The molecule has 0 spiro atoms. The maximum atomic E-state index is 8.11. The Labute approximate surface area is 301 Å². The maximum absolute atomic E-state index is 8.11. The largest absolute Gasteiger partial charge is 0.397 e. The van der Waals surface area contributed by atoms with Crippen LogP contribution in [0.15, 0.2) is 95.2 Å². The van der Waals surface area contributed by atoms with Gasteiger partial charge in [0.1, 0.15) is 11.4 Å². The van der Waals surface area contributed by atoms with Crippen molar-refractivity contribution in [3.8, 4) is 0 Å². The number of halogens is 2. The Morgan fingerprint density at radius 3 is 1.92 bits per heavy atom. The molecule has 8 rings (SSSR count). The molecule has 2 fully saturated rings. The Hall–Kier alpha value is -5.42. The summed E-state index contributed by atoms with van der Waals surface area (Å²) >= 11 is 0. The Morgan fingerprint density at radius 2 is 1.30 bits per heavy atom. The fourth-order valence-electron chi connectivity index (χ4n) is 5.54. The van der Waals surface area contributed by atoms with Gasteiger partial charge < -0.3 is 32.7 Å². The van der Waals surface area contributed by atoms with Crippen LogP contribution in [-0.4, -0.2) is 83.2 Å². The second kappa shape index (κ2) is 18.4. The number of dihydropyridines is 1. The molecule has 16 nitrogen and oxygen atoms in total. The number of aliphatic imine (C=N–C) groups is 2. The second-order valence-corrected chi connectivity index (χ2v) is 11.1. The first-order chi connectivity index (χ1) is 23.4. The number of rotatable bonds is 2. The third-order valence-corrected chi connectivity index (χ3v) is 7.83. The number of aromatic nitrogens is 5. The number of likely N-dealkylation sites (tertiary alicyclic amines) is 1. The number of anilines is 4. The van der Waals surface area contributed by atoms with Crippen molar-refractivity contribution in [1.82, 2.24) is 29.1 Å². The van der Waals surface area contributed by atoms with Crippen molar-refractivity contribution in [3.05, 3.63) is 85.2 Å². The van der Waals surface area contributed by atoms with Crippen LogP contribution in [0.3, 0.4) is 0 Å². The minimum atomic E-state index is 0. The van der Waals surface area contributed by atoms with Gasteiger partial charge in [-0.2, -0.15) is 10.2 Å². The quantitative estimate of drug-likeness (QED) is 0.0995. The van der Waals surface area contributed by atoms with Gasteiger partial charge in [-0.1, -0.05) is 12.1 Å². The average Bonchev–Trinajstić information content (AvgIpc) is 3.94. The lowest BCUT2D eigenvalue weighted by Gasteiger charge is -2.23. The highest BCUT2D eigenvalue weighted by Gasteiger charge is 2.24. The molecule has 0 aliphatic carbocycles. The van der Waals surface area contributed by atoms with E-state index >= 15 is 0 Å². The molecule has 2 saturated heterocycles. The lowest BCUT2D eigenvalue weighted by atomic mass is 10.2. The lowest BCUT2D eigenvalue weighted by molar-refractivity contribution is -0.176. The zero-order valence-electron chi connectivity index (χ0n) is 27.2. The molecule has 8 heterocycles. The van der Waals surface area contributed by atoms with E-state index in [4.69, 9.17) is 38.9 Å². The van der Waals surface area contributed by atoms with Gasteiger partial charge in [0, 0.05) is 38.6 Å². The van der Waals surface area contributed by atoms with Gasteiger partial charge in [0.15, 0.2) is 17.5 Å². The number of nitrogens with zero attached hydrogens (tertiary/aromatic N) is 9. The summed E-state index contributed by atoms with van der Waals surface area (Å²) in [5.74, 6) is 1.99. The van der Waals surface area contributed by atoms with Crippen molar-refractivity contribution in [2.75, 3.05) is 48.3 Å². The van der Waals surface area contributed by atoms with Crippen molar-refractivity contribution in [2.24, 2.45) is 15.7 Å². The molecule has 0 saturated carbocycles. The van der Waals surface area contributed by atoms with Crippen molar-refractivity contribution < 1.29 is 10.5 Å². The van der Waals surface area contributed by atoms with Gasteiger partial charge in [-0.05, 0) is 62.1 Å². The van der Waals surface area contributed by atoms with Crippen molar-refractivity contribution in [1.29, 1.82) is 5.41 Å². The van der Waals surface area contributed by atoms with Crippen LogP contribution in [0.5, 0.6) is 0 Å². The van der Waals surface area contributed by atoms with E-state index in [2.05, 4.69) is 35.0 Å². The van der Waals surface area contributed by atoms with Crippen LogP contribution >= 0.6 is 24.8 Å². The second-order valence-electron chi connectivity index (χ2n) is 11.1. The van der Waals surface area contributed by atoms with Gasteiger partial charge in [-0.3, -0.25) is 15.9 Å². The first-order valence-corrected chi connectivity index (χ1v) is 15.4. The van der Waals surface area contributed by atoms with E-state index in [1.54, 1.807) is 39.8 Å². The smallest absolute Gasteiger partial charge is 0.180 e. The van der Waals surface area contributed by atoms with Gasteiger partial charge in [0.05, 0.1) is 52.4 Å². The Balaban J connectivity index is 0.000000213. The first-order valence-electron chi connectivity index (χ1n) is 15.4. The third kappa shape index (κ3) is 9.17. The molecule has 0 amide bonds. The van der Waals surface area contributed by atoms with Crippen LogP contribution in [-0.2, 0) is 0 Å². The summed E-state index contributed by atoms with van der Waals surface area (Å²) in [6.45, 7) is 4.01. The fraction of sp³-hybridized carbons (Fsp3) is 0.250. The van der Waals surface area contributed by atoms with E-state index in [1.165, 1.54) is 12.8 Å². The van der Waals surface area contributed by atoms with E-state index in [1.807, 2.05) is 48.8 Å². The van der Waals surface area contributed by atoms with E-state index in [-0.39, 0.29) is 30.5 Å². The molecule has 266 valence electrons. The summed E-state index contributed by atoms with van der Waals surface area (Å²) in [6.07, 6.45) is 15.1. The summed E-state index contributed by atoms with van der Waals surface area (Å²) < 4.78 is 3.50. The molecular weight excluding hydrogens is 683 g/mol. The summed E-state index contributed by atoms with van der Waals surface area (Å²) in [5, 5.41) is 28.4. The normalized spacial score (nSPS) is 15.8. The number of pyridine rings is 3. The predicted octanol–water partition coefficient (Wildman–Crippen LogP) is 4.36. The molecule has 0 atom stereocenters. The van der Waals surface area contributed by atoms with Gasteiger partial charge in [-0.25, -0.2) is 24.0 Å². The van der Waals surface area contributed by atoms with Crippen LogP contribution in [0.25, 0.3) is 11.0 Å². The highest BCUT2D eigenvalue weighted by molar-refractivity contribution is 6.49. The van der Waals surface area contributed by atoms with Crippen LogP contribution in [0.4, 0.5) is 28.6 Å². The average molecular weight is 726 g/mol. The molecule has 0 radical (unpaired) electrons. The molecule has 11 N–H and O–H groups in total. The molecule has 5 aromatic heterocycles. The van der Waals surface area contributed by atoms with Gasteiger partial charge in [0.2, 0.25) is 0 Å². The van der Waals surface area contributed by atoms with Crippen molar-refractivity contribution >= 4 is 81.8 Å². The predicted molar refractivity (Wildman–Crippen MR) is 204 cm³/mol. The van der Waals surface area contributed by atoms with E-state index in [9.17, 15) is 0 Å². The minimum Gasteiger partial charge on any atom is -0.397 e. The highest BCUT2D eigenvalue weighted by Crippen LogP contribution is 2.25. The Kier molecular flexibility index (Phi) is 14.3. The zero-order chi connectivity index (χ0) is 34.0. The molecule has 3 aliphatic rings. The number of hydrogen-bond donors (Lipinski definition) is 7. The Morgan fingerprint density at radius 1 is 0.720 bits per heavy atom. The molecule has 0 unspecified atom stereocenters. The fourth-order valence-corrected chi connectivity index (χ4v) is 5.54. The summed E-state index contributed by atoms with van der Waals surface area (Å²) in [4.78, 5) is 17.7. The standard InChI is InChI=1S/C16H17N7.C9H14N4.C7H7N3.2ClH.H2O2/c17-11-9-12(18)16(22-6-3-4-7-22)21-15(11)20-13-10-19-23-8-2-1-5-14(13)23;10-7-5-8(11)9(12-6-7)13-3-1-2-4-13;8-6-5-9-10-4-2-1-3-7(6)10;;;1-2/h1-2,5,8-10,17H,3-4,6-7,18H2;5-6H,1-4,10-11H2;1-5H,8H2;2*1H;1-2H. The Bertz CT molecular complexity index is 1960. The van der Waals surface area contributed by atoms with E-state index < -0.39 is 0 Å². The third-order valence-electron chi connectivity index (χ3n) is 7.83. The van der Waals surface area contributed by atoms with Crippen LogP contribution in [0.1, 0.15) is 25.7 Å². The van der Waals surface area contributed by atoms with Crippen molar-refractivity contribution in [2.45, 2.75) is 25.7 Å². The highest BCUT2D eigenvalue weighted by atomic mass is 35.5. The molecule has 5 aromatic rings. The van der Waals surface area contributed by atoms with Gasteiger partial charge in [-0.15, -0.1) is 24.8 Å². The van der Waals surface area contributed by atoms with Gasteiger partial charge in [0.25, 0.3) is 0 Å². The molecular formula is C32H42Cl2N14O2. The number of nitrogen functional groups attached to an aromatic ring is 3. The molecule has 0 bridgehead atoms. The zero-order valence-corrected chi connectivity index (χ0v) is 28.8. The molecule has 50 heavy (non-hydrogen) atoms. The monoisotopic (exact) mass is 724 g/mol. The molecule has 3 aliphatic heterocycles. The van der Waals surface area contributed by atoms with Crippen LogP contribution in [0, 0.1) is 5.41 Å². The van der Waals surface area contributed by atoms with Crippen LogP contribution < -0.4 is 27.8 Å². The van der Waals surface area contributed by atoms with Crippen LogP contribution in [0.2, 0.25) is 0 Å². The molecule has 18 heteroatoms. The minimum absolute atomic E-state index is 0. The summed E-state index contributed by atoms with van der Waals surface area (Å²) in [7, 11) is 0. The lowest BCUT2D eigenvalue weighted by Crippen LogP contribution is -2.36. The maximum Gasteiger partial charge on any atom is 0.180 e. The van der Waals surface area contributed by atoms with E-state index in [0.717, 1.165) is 67.4 Å².